The summed E-state index contributed by atoms with van der Waals surface area (Å²) in [6, 6.07) is 4.39. The van der Waals surface area contributed by atoms with Crippen molar-refractivity contribution in [2.45, 2.75) is 25.3 Å². The average molecular weight is 315 g/mol. The minimum absolute atomic E-state index is 0.558. The van der Waals surface area contributed by atoms with Crippen molar-refractivity contribution in [2.24, 2.45) is 0 Å². The van der Waals surface area contributed by atoms with Gasteiger partial charge in [0.1, 0.15) is 10.4 Å². The van der Waals surface area contributed by atoms with Crippen LogP contribution in [0.5, 0.6) is 0 Å². The number of hydrogen-bond donors (Lipinski definition) is 1. The van der Waals surface area contributed by atoms with E-state index in [1.54, 1.807) is 0 Å². The fraction of sp³-hybridized carbons (Fsp3) is 0.417. The molecule has 2 aromatic rings. The molecule has 1 N–H and O–H groups in total. The Balaban J connectivity index is 1.98. The van der Waals surface area contributed by atoms with Gasteiger partial charge in [-0.15, -0.1) is 0 Å². The summed E-state index contributed by atoms with van der Waals surface area (Å²) in [4.78, 5) is 4.58. The minimum Gasteiger partial charge on any atom is -0.314 e. The van der Waals surface area contributed by atoms with Gasteiger partial charge in [0.05, 0.1) is 5.52 Å². The molecule has 5 heteroatoms. The molecule has 1 saturated heterocycles. The molecule has 0 radical (unpaired) electrons. The number of imidazole rings is 1. The van der Waals surface area contributed by atoms with Crippen LogP contribution in [0, 0.1) is 0 Å². The van der Waals surface area contributed by atoms with Crippen molar-refractivity contribution in [3.8, 4) is 0 Å². The van der Waals surface area contributed by atoms with Gasteiger partial charge in [-0.25, -0.2) is 4.98 Å². The SMILES string of the molecule is Clc1ccn2c(CC3CCCN3)nc(Br)c2c1. The second-order valence-corrected chi connectivity index (χ2v) is 5.60. The highest BCUT2D eigenvalue weighted by Crippen LogP contribution is 2.23. The normalized spacial score (nSPS) is 20.2. The van der Waals surface area contributed by atoms with E-state index >= 15 is 0 Å². The summed E-state index contributed by atoms with van der Waals surface area (Å²) < 4.78 is 2.98. The fourth-order valence-electron chi connectivity index (χ4n) is 2.38. The van der Waals surface area contributed by atoms with Crippen LogP contribution in [0.3, 0.4) is 0 Å². The molecule has 3 rings (SSSR count). The Labute approximate surface area is 113 Å². The summed E-state index contributed by atoms with van der Waals surface area (Å²) in [6.45, 7) is 1.13. The lowest BCUT2D eigenvalue weighted by Crippen LogP contribution is -2.24. The summed E-state index contributed by atoms with van der Waals surface area (Å²) in [5, 5.41) is 4.24. The van der Waals surface area contributed by atoms with E-state index in [-0.39, 0.29) is 0 Å². The molecular weight excluding hydrogens is 302 g/mol. The molecule has 2 aromatic heterocycles. The molecule has 3 nitrogen and oxygen atoms in total. The lowest BCUT2D eigenvalue weighted by atomic mass is 10.1. The molecule has 1 aliphatic rings. The van der Waals surface area contributed by atoms with Gasteiger partial charge in [0.25, 0.3) is 0 Å². The van der Waals surface area contributed by atoms with Crippen LogP contribution in [0.4, 0.5) is 0 Å². The van der Waals surface area contributed by atoms with Gasteiger partial charge in [-0.3, -0.25) is 0 Å². The minimum atomic E-state index is 0.558. The third kappa shape index (κ3) is 2.21. The van der Waals surface area contributed by atoms with Crippen LogP contribution in [0.25, 0.3) is 5.52 Å². The second-order valence-electron chi connectivity index (χ2n) is 4.42. The Morgan fingerprint density at radius 1 is 1.59 bits per heavy atom. The molecule has 0 bridgehead atoms. The van der Waals surface area contributed by atoms with Crippen LogP contribution in [0.1, 0.15) is 18.7 Å². The van der Waals surface area contributed by atoms with E-state index in [0.717, 1.165) is 33.9 Å². The highest BCUT2D eigenvalue weighted by Gasteiger charge is 2.18. The zero-order valence-corrected chi connectivity index (χ0v) is 11.6. The van der Waals surface area contributed by atoms with Gasteiger partial charge in [-0.2, -0.15) is 0 Å². The third-order valence-corrected chi connectivity index (χ3v) is 4.04. The van der Waals surface area contributed by atoms with E-state index in [2.05, 4.69) is 30.6 Å². The molecule has 1 fully saturated rings. The zero-order chi connectivity index (χ0) is 11.8. The Morgan fingerprint density at radius 3 is 3.24 bits per heavy atom. The van der Waals surface area contributed by atoms with Crippen LogP contribution < -0.4 is 5.32 Å². The number of pyridine rings is 1. The molecule has 0 amide bonds. The highest BCUT2D eigenvalue weighted by molar-refractivity contribution is 9.10. The van der Waals surface area contributed by atoms with E-state index in [9.17, 15) is 0 Å². The van der Waals surface area contributed by atoms with Crippen LogP contribution in [-0.2, 0) is 6.42 Å². The van der Waals surface area contributed by atoms with Gasteiger partial charge in [0.2, 0.25) is 0 Å². The van der Waals surface area contributed by atoms with Crippen LogP contribution in [0.2, 0.25) is 5.02 Å². The van der Waals surface area contributed by atoms with E-state index in [4.69, 9.17) is 11.6 Å². The van der Waals surface area contributed by atoms with E-state index in [0.29, 0.717) is 6.04 Å². The standard InChI is InChI=1S/C12H13BrClN3/c13-12-10-6-8(14)3-5-17(10)11(16-12)7-9-2-1-4-15-9/h3,5-6,9,15H,1-2,4,7H2. The number of nitrogens with one attached hydrogen (secondary N) is 1. The molecule has 17 heavy (non-hydrogen) atoms. The Kier molecular flexibility index (Phi) is 3.11. The molecule has 0 spiro atoms. The van der Waals surface area contributed by atoms with Crippen molar-refractivity contribution in [2.75, 3.05) is 6.54 Å². The van der Waals surface area contributed by atoms with Crippen LogP contribution >= 0.6 is 27.5 Å². The lowest BCUT2D eigenvalue weighted by molar-refractivity contribution is 0.584. The number of halogens is 2. The number of rotatable bonds is 2. The summed E-state index contributed by atoms with van der Waals surface area (Å²) in [7, 11) is 0. The number of fused-ring (bicyclic) bond motifs is 1. The first-order chi connectivity index (χ1) is 8.24. The van der Waals surface area contributed by atoms with Gasteiger partial charge in [-0.05, 0) is 47.4 Å². The van der Waals surface area contributed by atoms with Crippen molar-refractivity contribution in [1.82, 2.24) is 14.7 Å². The van der Waals surface area contributed by atoms with E-state index in [1.165, 1.54) is 12.8 Å². The molecule has 1 atom stereocenters. The van der Waals surface area contributed by atoms with Gasteiger partial charge in [0.15, 0.2) is 0 Å². The largest absolute Gasteiger partial charge is 0.314 e. The first-order valence-corrected chi connectivity index (χ1v) is 6.96. The predicted molar refractivity (Wildman–Crippen MR) is 72.6 cm³/mol. The summed E-state index contributed by atoms with van der Waals surface area (Å²) in [6.07, 6.45) is 5.45. The monoisotopic (exact) mass is 313 g/mol. The first kappa shape index (κ1) is 11.5. The Bertz CT molecular complexity index is 546. The van der Waals surface area contributed by atoms with Crippen molar-refractivity contribution in [3.63, 3.8) is 0 Å². The molecule has 0 aromatic carbocycles. The molecule has 0 aliphatic carbocycles. The maximum Gasteiger partial charge on any atom is 0.132 e. The molecule has 1 aliphatic heterocycles. The molecule has 90 valence electrons. The maximum absolute atomic E-state index is 6.00. The topological polar surface area (TPSA) is 29.3 Å². The van der Waals surface area contributed by atoms with Gasteiger partial charge in [0, 0.05) is 23.7 Å². The second kappa shape index (κ2) is 4.59. The van der Waals surface area contributed by atoms with Crippen LogP contribution in [0.15, 0.2) is 22.9 Å². The zero-order valence-electron chi connectivity index (χ0n) is 9.29. The van der Waals surface area contributed by atoms with Crippen molar-refractivity contribution in [3.05, 3.63) is 33.8 Å². The van der Waals surface area contributed by atoms with Crippen molar-refractivity contribution in [1.29, 1.82) is 0 Å². The molecular formula is C12H13BrClN3. The predicted octanol–water partition coefficient (Wildman–Crippen LogP) is 3.04. The number of hydrogen-bond acceptors (Lipinski definition) is 2. The van der Waals surface area contributed by atoms with Crippen molar-refractivity contribution >= 4 is 33.0 Å². The smallest absolute Gasteiger partial charge is 0.132 e. The third-order valence-electron chi connectivity index (χ3n) is 3.22. The Hall–Kier alpha value is -0.580. The Morgan fingerprint density at radius 2 is 2.47 bits per heavy atom. The van der Waals surface area contributed by atoms with Crippen LogP contribution in [-0.4, -0.2) is 22.0 Å². The average Bonchev–Trinajstić information content (AvgIpc) is 2.89. The van der Waals surface area contributed by atoms with E-state index in [1.807, 2.05) is 18.3 Å². The lowest BCUT2D eigenvalue weighted by Gasteiger charge is -2.08. The quantitative estimate of drug-likeness (QED) is 0.923. The van der Waals surface area contributed by atoms with Crippen molar-refractivity contribution < 1.29 is 0 Å². The van der Waals surface area contributed by atoms with Gasteiger partial charge in [-0.1, -0.05) is 11.6 Å². The molecule has 0 saturated carbocycles. The van der Waals surface area contributed by atoms with Gasteiger partial charge >= 0.3 is 0 Å². The first-order valence-electron chi connectivity index (χ1n) is 5.79. The number of nitrogens with zero attached hydrogens (tertiary/aromatic N) is 2. The molecule has 3 heterocycles. The highest BCUT2D eigenvalue weighted by atomic mass is 79.9. The fourth-order valence-corrected chi connectivity index (χ4v) is 3.05. The summed E-state index contributed by atoms with van der Waals surface area (Å²) in [5.41, 5.74) is 1.03. The maximum atomic E-state index is 6.00. The molecule has 1 unspecified atom stereocenters. The number of aromatic nitrogens is 2. The van der Waals surface area contributed by atoms with Gasteiger partial charge < -0.3 is 9.72 Å². The summed E-state index contributed by atoms with van der Waals surface area (Å²) in [5.74, 6) is 1.09. The summed E-state index contributed by atoms with van der Waals surface area (Å²) >= 11 is 9.49. The van der Waals surface area contributed by atoms with E-state index < -0.39 is 0 Å².